The normalized spacial score (nSPS) is 14.3. The highest BCUT2D eigenvalue weighted by Gasteiger charge is 2.25. The monoisotopic (exact) mass is 151 g/mol. The molecule has 58 valence electrons. The first kappa shape index (κ1) is 7.85. The number of ketones is 2. The van der Waals surface area contributed by atoms with E-state index in [0.717, 1.165) is 0 Å². The molecule has 0 radical (unpaired) electrons. The van der Waals surface area contributed by atoms with Gasteiger partial charge in [0.15, 0.2) is 0 Å². The molecule has 0 atom stereocenters. The van der Waals surface area contributed by atoms with E-state index in [4.69, 9.17) is 0 Å². The lowest BCUT2D eigenvalue weighted by Crippen LogP contribution is -2.29. The third kappa shape index (κ3) is 1.42. The average Bonchev–Trinajstić information content (AvgIpc) is 1.75. The van der Waals surface area contributed by atoms with Crippen molar-refractivity contribution in [2.45, 2.75) is 13.8 Å². The lowest BCUT2D eigenvalue weighted by Gasteiger charge is -2.12. The Balaban J connectivity index is 2.75. The van der Waals surface area contributed by atoms with Gasteiger partial charge in [-0.15, -0.1) is 0 Å². The van der Waals surface area contributed by atoms with Crippen molar-refractivity contribution in [1.29, 1.82) is 0 Å². The number of nitrogens with zero attached hydrogens (tertiary/aromatic N) is 1. The van der Waals surface area contributed by atoms with E-state index in [1.54, 1.807) is 12.3 Å². The van der Waals surface area contributed by atoms with Crippen LogP contribution in [0.15, 0.2) is 17.3 Å². The van der Waals surface area contributed by atoms with Crippen molar-refractivity contribution >= 4 is 17.3 Å². The van der Waals surface area contributed by atoms with E-state index in [9.17, 15) is 9.59 Å². The van der Waals surface area contributed by atoms with E-state index in [-0.39, 0.29) is 11.6 Å². The Morgan fingerprint density at radius 3 is 1.91 bits per heavy atom. The minimum atomic E-state index is -0.625. The summed E-state index contributed by atoms with van der Waals surface area (Å²) in [6, 6.07) is 0. The van der Waals surface area contributed by atoms with Crippen molar-refractivity contribution in [2.75, 3.05) is 0 Å². The summed E-state index contributed by atoms with van der Waals surface area (Å²) in [5.41, 5.74) is 0.588. The maximum atomic E-state index is 10.9. The number of carbonyl (C=O) groups excluding carboxylic acids is 2. The lowest BCUT2D eigenvalue weighted by atomic mass is 9.93. The van der Waals surface area contributed by atoms with Crippen LogP contribution in [0.2, 0.25) is 0 Å². The topological polar surface area (TPSA) is 46.5 Å². The van der Waals surface area contributed by atoms with Crippen molar-refractivity contribution < 1.29 is 9.59 Å². The van der Waals surface area contributed by atoms with E-state index < -0.39 is 5.92 Å². The molecule has 0 aromatic heterocycles. The van der Waals surface area contributed by atoms with Gasteiger partial charge in [-0.3, -0.25) is 14.6 Å². The molecule has 11 heavy (non-hydrogen) atoms. The van der Waals surface area contributed by atoms with Crippen molar-refractivity contribution in [3.63, 3.8) is 0 Å². The van der Waals surface area contributed by atoms with Crippen LogP contribution in [0.3, 0.4) is 0 Å². The van der Waals surface area contributed by atoms with Gasteiger partial charge in [0.25, 0.3) is 0 Å². The molecule has 0 N–H and O–H groups in total. The summed E-state index contributed by atoms with van der Waals surface area (Å²) in [6.07, 6.45) is 3.27. The zero-order chi connectivity index (χ0) is 8.43. The maximum Gasteiger partial charge on any atom is 0.146 e. The van der Waals surface area contributed by atoms with Gasteiger partial charge in [0, 0.05) is 6.20 Å². The third-order valence-electron chi connectivity index (χ3n) is 1.58. The van der Waals surface area contributed by atoms with E-state index in [0.29, 0.717) is 5.71 Å². The molecule has 0 spiro atoms. The molecule has 1 heterocycles. The van der Waals surface area contributed by atoms with Gasteiger partial charge in [0.1, 0.15) is 17.5 Å². The number of carbonyl (C=O) groups is 2. The first-order valence-electron chi connectivity index (χ1n) is 3.38. The predicted octanol–water partition coefficient (Wildman–Crippen LogP) is 0.749. The molecule has 3 heteroatoms. The van der Waals surface area contributed by atoms with Gasteiger partial charge in [-0.1, -0.05) is 0 Å². The second-order valence-corrected chi connectivity index (χ2v) is 2.52. The smallest absolute Gasteiger partial charge is 0.146 e. The quantitative estimate of drug-likeness (QED) is 0.559. The molecule has 0 unspecified atom stereocenters. The number of aliphatic imine (C=N–C) groups is 1. The van der Waals surface area contributed by atoms with E-state index in [1.165, 1.54) is 13.8 Å². The zero-order valence-electron chi connectivity index (χ0n) is 6.50. The first-order chi connectivity index (χ1) is 5.13. The SMILES string of the molecule is CC(=O)C(C(C)=O)C1=NC=C1. The van der Waals surface area contributed by atoms with E-state index in [2.05, 4.69) is 4.99 Å². The minimum Gasteiger partial charge on any atom is -0.299 e. The molecule has 0 bridgehead atoms. The van der Waals surface area contributed by atoms with Crippen LogP contribution in [0.25, 0.3) is 0 Å². The number of Topliss-reactive ketones (excluding diaryl/α,β-unsaturated/α-hetero) is 2. The van der Waals surface area contributed by atoms with Crippen LogP contribution in [-0.2, 0) is 9.59 Å². The molecule has 0 fully saturated rings. The molecular formula is C8H9NO2. The number of hydrogen-bond acceptors (Lipinski definition) is 3. The molecule has 0 aromatic carbocycles. The average molecular weight is 151 g/mol. The molecular weight excluding hydrogens is 142 g/mol. The fourth-order valence-corrected chi connectivity index (χ4v) is 1.03. The zero-order valence-corrected chi connectivity index (χ0v) is 6.50. The van der Waals surface area contributed by atoms with E-state index >= 15 is 0 Å². The van der Waals surface area contributed by atoms with Crippen LogP contribution in [0.5, 0.6) is 0 Å². The molecule has 3 nitrogen and oxygen atoms in total. The predicted molar refractivity (Wildman–Crippen MR) is 41.4 cm³/mol. The Kier molecular flexibility index (Phi) is 1.98. The second kappa shape index (κ2) is 2.78. The van der Waals surface area contributed by atoms with Gasteiger partial charge in [-0.25, -0.2) is 0 Å². The molecule has 1 rings (SSSR count). The Morgan fingerprint density at radius 1 is 1.36 bits per heavy atom. The van der Waals surface area contributed by atoms with Crippen molar-refractivity contribution in [2.24, 2.45) is 10.9 Å². The summed E-state index contributed by atoms with van der Waals surface area (Å²) in [4.78, 5) is 25.6. The third-order valence-corrected chi connectivity index (χ3v) is 1.58. The number of allylic oxidation sites excluding steroid dienone is 1. The Hall–Kier alpha value is -1.25. The van der Waals surface area contributed by atoms with Crippen LogP contribution in [-0.4, -0.2) is 17.3 Å². The molecule has 1 aliphatic heterocycles. The van der Waals surface area contributed by atoms with Crippen molar-refractivity contribution in [3.8, 4) is 0 Å². The summed E-state index contributed by atoms with van der Waals surface area (Å²) < 4.78 is 0. The fraction of sp³-hybridized carbons (Fsp3) is 0.375. The van der Waals surface area contributed by atoms with Gasteiger partial charge in [0.2, 0.25) is 0 Å². The summed E-state index contributed by atoms with van der Waals surface area (Å²) in [6.45, 7) is 2.81. The highest BCUT2D eigenvalue weighted by atomic mass is 16.1. The summed E-state index contributed by atoms with van der Waals surface area (Å²) in [5.74, 6) is -0.902. The van der Waals surface area contributed by atoms with Crippen LogP contribution in [0.4, 0.5) is 0 Å². The van der Waals surface area contributed by atoms with Crippen LogP contribution in [0, 0.1) is 5.92 Å². The first-order valence-corrected chi connectivity index (χ1v) is 3.38. The van der Waals surface area contributed by atoms with Gasteiger partial charge >= 0.3 is 0 Å². The van der Waals surface area contributed by atoms with Crippen LogP contribution >= 0.6 is 0 Å². The van der Waals surface area contributed by atoms with Gasteiger partial charge in [-0.2, -0.15) is 0 Å². The molecule has 0 aromatic rings. The van der Waals surface area contributed by atoms with E-state index in [1.807, 2.05) is 0 Å². The van der Waals surface area contributed by atoms with Crippen molar-refractivity contribution in [3.05, 3.63) is 12.3 Å². The van der Waals surface area contributed by atoms with Crippen LogP contribution in [0.1, 0.15) is 13.8 Å². The number of hydrogen-bond donors (Lipinski definition) is 0. The Bertz CT molecular complexity index is 249. The standard InChI is InChI=1S/C8H9NO2/c1-5(10)8(6(2)11)7-3-4-9-7/h3-4,8H,1-2H3. The number of rotatable bonds is 3. The molecule has 0 aliphatic carbocycles. The summed E-state index contributed by atoms with van der Waals surface area (Å²) in [7, 11) is 0. The molecule has 0 amide bonds. The Labute approximate surface area is 64.8 Å². The molecule has 0 saturated heterocycles. The van der Waals surface area contributed by atoms with Crippen LogP contribution < -0.4 is 0 Å². The minimum absolute atomic E-state index is 0.138. The van der Waals surface area contributed by atoms with Crippen molar-refractivity contribution in [1.82, 2.24) is 0 Å². The highest BCUT2D eigenvalue weighted by molar-refractivity contribution is 6.24. The highest BCUT2D eigenvalue weighted by Crippen LogP contribution is 2.10. The largest absolute Gasteiger partial charge is 0.299 e. The van der Waals surface area contributed by atoms with Gasteiger partial charge in [-0.05, 0) is 19.9 Å². The van der Waals surface area contributed by atoms with Gasteiger partial charge in [0.05, 0.1) is 5.71 Å². The fourth-order valence-electron chi connectivity index (χ4n) is 1.03. The molecule has 0 saturated carbocycles. The Morgan fingerprint density at radius 2 is 1.82 bits per heavy atom. The second-order valence-electron chi connectivity index (χ2n) is 2.52. The maximum absolute atomic E-state index is 10.9. The molecule has 1 aliphatic rings. The summed E-state index contributed by atoms with van der Waals surface area (Å²) in [5, 5.41) is 0. The summed E-state index contributed by atoms with van der Waals surface area (Å²) >= 11 is 0. The lowest BCUT2D eigenvalue weighted by molar-refractivity contribution is -0.127. The van der Waals surface area contributed by atoms with Gasteiger partial charge < -0.3 is 0 Å².